The summed E-state index contributed by atoms with van der Waals surface area (Å²) in [6.45, 7) is 0. The number of hydrogen-bond donors (Lipinski definition) is 0. The quantitative estimate of drug-likeness (QED) is 0.558. The summed E-state index contributed by atoms with van der Waals surface area (Å²) in [6, 6.07) is 12.9. The summed E-state index contributed by atoms with van der Waals surface area (Å²) in [6.07, 6.45) is 4.36. The van der Waals surface area contributed by atoms with Gasteiger partial charge in [-0.15, -0.1) is 0 Å². The molecule has 0 radical (unpaired) electrons. The second kappa shape index (κ2) is 3.64. The monoisotopic (exact) mass is 290 g/mol. The average molecular weight is 290 g/mol. The van der Waals surface area contributed by atoms with Crippen molar-refractivity contribution in [2.75, 3.05) is 0 Å². The molecular weight excluding hydrogens is 281 g/mol. The fraction of sp³-hybridized carbons (Fsp3) is 0. The molecule has 0 fully saturated rings. The van der Waals surface area contributed by atoms with Crippen LogP contribution < -0.4 is 0 Å². The fourth-order valence-electron chi connectivity index (χ4n) is 1.86. The van der Waals surface area contributed by atoms with Crippen LogP contribution in [-0.2, 0) is 0 Å². The van der Waals surface area contributed by atoms with Crippen molar-refractivity contribution in [3.63, 3.8) is 0 Å². The van der Waals surface area contributed by atoms with Gasteiger partial charge in [0, 0.05) is 0 Å². The van der Waals surface area contributed by atoms with E-state index in [4.69, 9.17) is 0 Å². The van der Waals surface area contributed by atoms with Crippen LogP contribution in [-0.4, -0.2) is 48.9 Å². The Kier molecular flexibility index (Phi) is 2.68. The Labute approximate surface area is 118 Å². The third-order valence-corrected chi connectivity index (χ3v) is 2.41. The number of benzene rings is 2. The van der Waals surface area contributed by atoms with Crippen molar-refractivity contribution in [3.8, 4) is 0 Å². The van der Waals surface area contributed by atoms with Gasteiger partial charge < -0.3 is 0 Å². The first-order valence-corrected chi connectivity index (χ1v) is 4.15. The first kappa shape index (κ1) is 9.56. The van der Waals surface area contributed by atoms with Crippen LogP contribution in [0.2, 0.25) is 0 Å². The normalized spacial score (nSPS) is 11.7. The third-order valence-electron chi connectivity index (χ3n) is 2.41. The molecule has 0 amide bonds. The van der Waals surface area contributed by atoms with E-state index < -0.39 is 0 Å². The van der Waals surface area contributed by atoms with Crippen molar-refractivity contribution in [1.29, 1.82) is 0 Å². The van der Waals surface area contributed by atoms with Crippen LogP contribution in [0.5, 0.6) is 0 Å². The molecule has 13 heavy (non-hydrogen) atoms. The largest absolute Gasteiger partial charge is 2.00 e. The number of hydrogen-bond acceptors (Lipinski definition) is 0. The molecule has 0 spiro atoms. The predicted molar refractivity (Wildman–Crippen MR) is 58.6 cm³/mol. The molecule has 0 N–H and O–H groups in total. The van der Waals surface area contributed by atoms with E-state index in [0.717, 1.165) is 0 Å². The van der Waals surface area contributed by atoms with Crippen molar-refractivity contribution in [1.82, 2.24) is 0 Å². The van der Waals surface area contributed by atoms with E-state index in [1.807, 2.05) is 0 Å². The van der Waals surface area contributed by atoms with Gasteiger partial charge in [0.1, 0.15) is 0 Å². The van der Waals surface area contributed by atoms with E-state index in [2.05, 4.69) is 48.6 Å². The van der Waals surface area contributed by atoms with Crippen LogP contribution in [0.15, 0.2) is 36.4 Å². The Balaban J connectivity index is 0.000000653. The zero-order valence-corrected chi connectivity index (χ0v) is 11.8. The molecule has 1 aliphatic carbocycles. The maximum atomic E-state index is 2.18. The maximum absolute atomic E-state index is 2.18. The summed E-state index contributed by atoms with van der Waals surface area (Å²) in [5.41, 5.74) is 2.70. The van der Waals surface area contributed by atoms with Gasteiger partial charge in [-0.3, -0.25) is 0 Å². The minimum absolute atomic E-state index is 0. The van der Waals surface area contributed by atoms with Crippen LogP contribution in [0.4, 0.5) is 0 Å². The minimum atomic E-state index is 0. The summed E-state index contributed by atoms with van der Waals surface area (Å²) >= 11 is 0. The summed E-state index contributed by atoms with van der Waals surface area (Å²) in [4.78, 5) is 0. The Bertz CT molecular complexity index is 443. The molecule has 0 saturated carbocycles. The zero-order valence-electron chi connectivity index (χ0n) is 7.33. The first-order chi connectivity index (χ1) is 5.95. The van der Waals surface area contributed by atoms with Crippen LogP contribution >= 0.6 is 0 Å². The molecule has 3 rings (SSSR count). The van der Waals surface area contributed by atoms with Crippen molar-refractivity contribution >= 4 is 71.8 Å². The van der Waals surface area contributed by atoms with Crippen LogP contribution in [0.25, 0.3) is 22.9 Å². The SMILES string of the molecule is C1=Cc2cccc3cccc1c23.[Ba+2]. The van der Waals surface area contributed by atoms with Crippen LogP contribution in [0.3, 0.4) is 0 Å². The molecule has 56 valence electrons. The standard InChI is InChI=1S/C12H8.Ba/c1-3-9-4-2-6-11-8-7-10(5-1)12(9)11;/h1-8H;/q;+2. The topological polar surface area (TPSA) is 0 Å². The molecule has 0 nitrogen and oxygen atoms in total. The fourth-order valence-corrected chi connectivity index (χ4v) is 1.86. The van der Waals surface area contributed by atoms with Crippen molar-refractivity contribution in [2.45, 2.75) is 0 Å². The summed E-state index contributed by atoms with van der Waals surface area (Å²) in [7, 11) is 0. The molecule has 0 heterocycles. The molecule has 0 aromatic heterocycles. The predicted octanol–water partition coefficient (Wildman–Crippen LogP) is 2.94. The molecule has 0 atom stereocenters. The van der Waals surface area contributed by atoms with Gasteiger partial charge >= 0.3 is 48.9 Å². The molecule has 0 saturated heterocycles. The van der Waals surface area contributed by atoms with Gasteiger partial charge in [0.05, 0.1) is 0 Å². The van der Waals surface area contributed by atoms with E-state index in [1.54, 1.807) is 0 Å². The molecule has 0 aliphatic heterocycles. The number of rotatable bonds is 0. The van der Waals surface area contributed by atoms with Crippen LogP contribution in [0.1, 0.15) is 11.1 Å². The molecule has 0 unspecified atom stereocenters. The van der Waals surface area contributed by atoms with Gasteiger partial charge in [0.2, 0.25) is 0 Å². The van der Waals surface area contributed by atoms with Gasteiger partial charge in [-0.1, -0.05) is 48.6 Å². The molecule has 1 aliphatic rings. The first-order valence-electron chi connectivity index (χ1n) is 4.15. The summed E-state index contributed by atoms with van der Waals surface area (Å²) in [5.74, 6) is 0. The van der Waals surface area contributed by atoms with E-state index >= 15 is 0 Å². The van der Waals surface area contributed by atoms with Gasteiger partial charge in [0.25, 0.3) is 0 Å². The Morgan fingerprint density at radius 2 is 1.23 bits per heavy atom. The van der Waals surface area contributed by atoms with Crippen molar-refractivity contribution in [2.24, 2.45) is 0 Å². The second-order valence-corrected chi connectivity index (χ2v) is 3.13. The van der Waals surface area contributed by atoms with Crippen molar-refractivity contribution in [3.05, 3.63) is 47.5 Å². The second-order valence-electron chi connectivity index (χ2n) is 3.13. The van der Waals surface area contributed by atoms with Gasteiger partial charge in [-0.25, -0.2) is 0 Å². The van der Waals surface area contributed by atoms with Crippen molar-refractivity contribution < 1.29 is 0 Å². The Hall–Kier alpha value is 0.0114. The van der Waals surface area contributed by atoms with E-state index in [-0.39, 0.29) is 48.9 Å². The van der Waals surface area contributed by atoms with Gasteiger partial charge in [0.15, 0.2) is 0 Å². The summed E-state index contributed by atoms with van der Waals surface area (Å²) < 4.78 is 0. The maximum Gasteiger partial charge on any atom is 2.00 e. The Morgan fingerprint density at radius 1 is 0.692 bits per heavy atom. The third kappa shape index (κ3) is 1.43. The smallest absolute Gasteiger partial charge is 0.0610 e. The molecule has 2 aromatic rings. The van der Waals surface area contributed by atoms with E-state index in [9.17, 15) is 0 Å². The zero-order chi connectivity index (χ0) is 7.97. The average Bonchev–Trinajstić information content (AvgIpc) is 2.52. The summed E-state index contributed by atoms with van der Waals surface area (Å²) in [5, 5.41) is 2.75. The molecule has 0 bridgehead atoms. The van der Waals surface area contributed by atoms with Crippen LogP contribution in [0, 0.1) is 0 Å². The Morgan fingerprint density at radius 3 is 1.77 bits per heavy atom. The van der Waals surface area contributed by atoms with E-state index in [0.29, 0.717) is 0 Å². The van der Waals surface area contributed by atoms with Gasteiger partial charge in [-0.2, -0.15) is 0 Å². The molecular formula is C12H8Ba+2. The minimum Gasteiger partial charge on any atom is -0.0610 e. The van der Waals surface area contributed by atoms with E-state index in [1.165, 1.54) is 21.9 Å². The molecule has 2 aromatic carbocycles. The molecule has 1 heteroatoms. The van der Waals surface area contributed by atoms with Gasteiger partial charge in [-0.05, 0) is 21.9 Å².